The first kappa shape index (κ1) is 14.4. The molecule has 0 atom stereocenters. The fourth-order valence-corrected chi connectivity index (χ4v) is 2.90. The number of halogens is 3. The molecule has 0 aromatic carbocycles. The number of carbonyl (C=O) groups is 1. The summed E-state index contributed by atoms with van der Waals surface area (Å²) in [4.78, 5) is 14.0. The molecular formula is C14H20F3NO. The Bertz CT molecular complexity index is 367. The third-order valence-corrected chi connectivity index (χ3v) is 4.29. The number of carbonyl (C=O) groups excluding carboxylic acids is 1. The topological polar surface area (TPSA) is 20.3 Å². The average Bonchev–Trinajstić information content (AvgIpc) is 2.38. The summed E-state index contributed by atoms with van der Waals surface area (Å²) in [5.41, 5.74) is 1.28. The van der Waals surface area contributed by atoms with E-state index in [4.69, 9.17) is 0 Å². The van der Waals surface area contributed by atoms with Crippen molar-refractivity contribution in [1.29, 1.82) is 0 Å². The summed E-state index contributed by atoms with van der Waals surface area (Å²) in [7, 11) is 0. The monoisotopic (exact) mass is 275 g/mol. The fraction of sp³-hybridized carbons (Fsp3) is 0.786. The van der Waals surface area contributed by atoms with Gasteiger partial charge >= 0.3 is 6.18 Å². The second kappa shape index (κ2) is 5.55. The van der Waals surface area contributed by atoms with Crippen LogP contribution in [0.4, 0.5) is 13.2 Å². The van der Waals surface area contributed by atoms with E-state index in [0.717, 1.165) is 6.42 Å². The van der Waals surface area contributed by atoms with Gasteiger partial charge in [-0.15, -0.1) is 0 Å². The zero-order valence-electron chi connectivity index (χ0n) is 11.2. The van der Waals surface area contributed by atoms with Crippen molar-refractivity contribution < 1.29 is 18.0 Å². The van der Waals surface area contributed by atoms with Crippen molar-refractivity contribution in [3.8, 4) is 0 Å². The molecule has 1 aliphatic heterocycles. The SMILES string of the molecule is CC1=CCN(C(=O)C2CCC(C(F)(F)F)CC2)CC1. The number of amides is 1. The molecule has 2 nitrogen and oxygen atoms in total. The summed E-state index contributed by atoms with van der Waals surface area (Å²) in [5, 5.41) is 0. The van der Waals surface area contributed by atoms with Crippen LogP contribution in [0.5, 0.6) is 0 Å². The van der Waals surface area contributed by atoms with Gasteiger partial charge in [0.25, 0.3) is 0 Å². The van der Waals surface area contributed by atoms with E-state index in [1.807, 2.05) is 13.0 Å². The lowest BCUT2D eigenvalue weighted by molar-refractivity contribution is -0.185. The van der Waals surface area contributed by atoms with Crippen molar-refractivity contribution in [1.82, 2.24) is 4.90 Å². The van der Waals surface area contributed by atoms with Crippen molar-refractivity contribution in [3.05, 3.63) is 11.6 Å². The average molecular weight is 275 g/mol. The normalized spacial score (nSPS) is 29.1. The summed E-state index contributed by atoms with van der Waals surface area (Å²) in [6, 6.07) is 0. The zero-order chi connectivity index (χ0) is 14.0. The van der Waals surface area contributed by atoms with Crippen LogP contribution in [0.15, 0.2) is 11.6 Å². The van der Waals surface area contributed by atoms with E-state index < -0.39 is 12.1 Å². The second-order valence-electron chi connectivity index (χ2n) is 5.67. The molecule has 5 heteroatoms. The van der Waals surface area contributed by atoms with Gasteiger partial charge in [0, 0.05) is 19.0 Å². The maximum absolute atomic E-state index is 12.6. The van der Waals surface area contributed by atoms with E-state index >= 15 is 0 Å². The van der Waals surface area contributed by atoms with Gasteiger partial charge in [-0.2, -0.15) is 13.2 Å². The fourth-order valence-electron chi connectivity index (χ4n) is 2.90. The molecule has 1 aliphatic carbocycles. The molecule has 0 radical (unpaired) electrons. The highest BCUT2D eigenvalue weighted by Crippen LogP contribution is 2.40. The molecule has 1 fully saturated rings. The van der Waals surface area contributed by atoms with Gasteiger partial charge in [0.15, 0.2) is 0 Å². The van der Waals surface area contributed by atoms with Crippen LogP contribution < -0.4 is 0 Å². The zero-order valence-corrected chi connectivity index (χ0v) is 11.2. The molecule has 1 heterocycles. The molecule has 0 aromatic heterocycles. The molecule has 0 saturated heterocycles. The minimum atomic E-state index is -4.10. The Morgan fingerprint density at radius 2 is 1.89 bits per heavy atom. The van der Waals surface area contributed by atoms with Crippen molar-refractivity contribution in [2.45, 2.75) is 45.2 Å². The van der Waals surface area contributed by atoms with Gasteiger partial charge in [-0.1, -0.05) is 11.6 Å². The Balaban J connectivity index is 1.86. The minimum Gasteiger partial charge on any atom is -0.338 e. The Kier molecular flexibility index (Phi) is 4.21. The highest BCUT2D eigenvalue weighted by Gasteiger charge is 2.42. The van der Waals surface area contributed by atoms with E-state index in [1.54, 1.807) is 4.90 Å². The summed E-state index contributed by atoms with van der Waals surface area (Å²) in [6.07, 6.45) is -0.235. The van der Waals surface area contributed by atoms with Crippen molar-refractivity contribution >= 4 is 5.91 Å². The Morgan fingerprint density at radius 3 is 2.37 bits per heavy atom. The van der Waals surface area contributed by atoms with Crippen molar-refractivity contribution in [2.24, 2.45) is 11.8 Å². The van der Waals surface area contributed by atoms with E-state index in [2.05, 4.69) is 0 Å². The number of nitrogens with zero attached hydrogens (tertiary/aromatic N) is 1. The first-order chi connectivity index (χ1) is 8.88. The quantitative estimate of drug-likeness (QED) is 0.670. The smallest absolute Gasteiger partial charge is 0.338 e. The van der Waals surface area contributed by atoms with Crippen LogP contribution in [-0.4, -0.2) is 30.1 Å². The van der Waals surface area contributed by atoms with Crippen LogP contribution in [0.2, 0.25) is 0 Å². The molecule has 1 saturated carbocycles. The summed E-state index contributed by atoms with van der Waals surface area (Å²) in [6.45, 7) is 3.36. The third-order valence-electron chi connectivity index (χ3n) is 4.29. The lowest BCUT2D eigenvalue weighted by Crippen LogP contribution is -2.41. The number of hydrogen-bond acceptors (Lipinski definition) is 1. The molecule has 0 bridgehead atoms. The Hall–Kier alpha value is -1.00. The first-order valence-corrected chi connectivity index (χ1v) is 6.89. The van der Waals surface area contributed by atoms with Gasteiger partial charge in [-0.3, -0.25) is 4.79 Å². The molecule has 19 heavy (non-hydrogen) atoms. The van der Waals surface area contributed by atoms with E-state index in [9.17, 15) is 18.0 Å². The highest BCUT2D eigenvalue weighted by atomic mass is 19.4. The maximum atomic E-state index is 12.6. The van der Waals surface area contributed by atoms with Gasteiger partial charge in [-0.25, -0.2) is 0 Å². The largest absolute Gasteiger partial charge is 0.391 e. The van der Waals surface area contributed by atoms with Gasteiger partial charge in [0.2, 0.25) is 5.91 Å². The van der Waals surface area contributed by atoms with Gasteiger partial charge in [0.05, 0.1) is 5.92 Å². The van der Waals surface area contributed by atoms with E-state index in [0.29, 0.717) is 25.9 Å². The molecular weight excluding hydrogens is 255 g/mol. The highest BCUT2D eigenvalue weighted by molar-refractivity contribution is 5.79. The first-order valence-electron chi connectivity index (χ1n) is 6.89. The lowest BCUT2D eigenvalue weighted by atomic mass is 9.81. The Labute approximate surface area is 111 Å². The predicted molar refractivity (Wildman–Crippen MR) is 66.5 cm³/mol. The van der Waals surface area contributed by atoms with Gasteiger partial charge in [0.1, 0.15) is 0 Å². The van der Waals surface area contributed by atoms with Crippen LogP contribution in [0.3, 0.4) is 0 Å². The molecule has 2 aliphatic rings. The predicted octanol–water partition coefficient (Wildman–Crippen LogP) is 3.53. The molecule has 0 spiro atoms. The standard InChI is InChI=1S/C14H20F3NO/c1-10-6-8-18(9-7-10)13(19)11-2-4-12(5-3-11)14(15,16)17/h6,11-12H,2-5,7-9H2,1H3. The second-order valence-corrected chi connectivity index (χ2v) is 5.67. The summed E-state index contributed by atoms with van der Waals surface area (Å²) < 4.78 is 37.7. The Morgan fingerprint density at radius 1 is 1.26 bits per heavy atom. The summed E-state index contributed by atoms with van der Waals surface area (Å²) >= 11 is 0. The van der Waals surface area contributed by atoms with Gasteiger partial charge < -0.3 is 4.90 Å². The number of hydrogen-bond donors (Lipinski definition) is 0. The van der Waals surface area contributed by atoms with E-state index in [1.165, 1.54) is 5.57 Å². The number of alkyl halides is 3. The van der Waals surface area contributed by atoms with Crippen molar-refractivity contribution in [3.63, 3.8) is 0 Å². The van der Waals surface area contributed by atoms with Crippen LogP contribution in [0.1, 0.15) is 39.0 Å². The van der Waals surface area contributed by atoms with Crippen LogP contribution in [0.25, 0.3) is 0 Å². The number of rotatable bonds is 1. The summed E-state index contributed by atoms with van der Waals surface area (Å²) in [5.74, 6) is -1.37. The third kappa shape index (κ3) is 3.51. The molecule has 2 rings (SSSR count). The van der Waals surface area contributed by atoms with Crippen LogP contribution in [0, 0.1) is 11.8 Å². The molecule has 0 unspecified atom stereocenters. The van der Waals surface area contributed by atoms with E-state index in [-0.39, 0.29) is 24.7 Å². The molecule has 0 N–H and O–H groups in total. The molecule has 0 aromatic rings. The van der Waals surface area contributed by atoms with Crippen LogP contribution >= 0.6 is 0 Å². The molecule has 108 valence electrons. The lowest BCUT2D eigenvalue weighted by Gasteiger charge is -2.33. The molecule has 1 amide bonds. The minimum absolute atomic E-state index is 0.0457. The van der Waals surface area contributed by atoms with Crippen LogP contribution in [-0.2, 0) is 4.79 Å². The van der Waals surface area contributed by atoms with Crippen molar-refractivity contribution in [2.75, 3.05) is 13.1 Å². The maximum Gasteiger partial charge on any atom is 0.391 e. The van der Waals surface area contributed by atoms with Gasteiger partial charge in [-0.05, 0) is 39.0 Å².